The third kappa shape index (κ3) is 3.55. The van der Waals surface area contributed by atoms with Crippen LogP contribution in [0.4, 0.5) is 11.6 Å². The van der Waals surface area contributed by atoms with E-state index in [2.05, 4.69) is 20.3 Å². The highest BCUT2D eigenvalue weighted by molar-refractivity contribution is 5.97. The van der Waals surface area contributed by atoms with E-state index in [1.807, 2.05) is 60.7 Å². The average Bonchev–Trinajstić information content (AvgIpc) is 3.16. The summed E-state index contributed by atoms with van der Waals surface area (Å²) in [6.45, 7) is 0. The van der Waals surface area contributed by atoms with Gasteiger partial charge in [-0.05, 0) is 29.8 Å². The second-order valence-electron chi connectivity index (χ2n) is 5.90. The number of hydrogen-bond acceptors (Lipinski definition) is 4. The van der Waals surface area contributed by atoms with E-state index in [1.165, 1.54) is 0 Å². The molecule has 0 saturated carbocycles. The fraction of sp³-hybridized carbons (Fsp3) is 0. The van der Waals surface area contributed by atoms with Crippen LogP contribution in [0.25, 0.3) is 22.6 Å². The zero-order valence-corrected chi connectivity index (χ0v) is 14.3. The molecule has 0 aliphatic heterocycles. The van der Waals surface area contributed by atoms with Gasteiger partial charge in [0, 0.05) is 11.9 Å². The minimum absolute atomic E-state index is 0.201. The van der Waals surface area contributed by atoms with Gasteiger partial charge in [-0.2, -0.15) is 0 Å². The Morgan fingerprint density at radius 2 is 1.67 bits per heavy atom. The molecule has 0 saturated heterocycles. The zero-order valence-electron chi connectivity index (χ0n) is 14.3. The lowest BCUT2D eigenvalue weighted by atomic mass is 10.1. The molecule has 27 heavy (non-hydrogen) atoms. The summed E-state index contributed by atoms with van der Waals surface area (Å²) in [6, 6.07) is 22.3. The van der Waals surface area contributed by atoms with E-state index >= 15 is 0 Å². The number of aromatic nitrogens is 3. The van der Waals surface area contributed by atoms with Crippen molar-refractivity contribution in [1.29, 1.82) is 0 Å². The van der Waals surface area contributed by atoms with E-state index in [1.54, 1.807) is 18.3 Å². The Balaban J connectivity index is 1.72. The van der Waals surface area contributed by atoms with Gasteiger partial charge in [0.05, 0.1) is 22.6 Å². The van der Waals surface area contributed by atoms with Gasteiger partial charge in [-0.25, -0.2) is 14.8 Å². The summed E-state index contributed by atoms with van der Waals surface area (Å²) in [6.07, 6.45) is 1.64. The highest BCUT2D eigenvalue weighted by Gasteiger charge is 2.17. The molecule has 4 aromatic rings. The van der Waals surface area contributed by atoms with E-state index in [4.69, 9.17) is 0 Å². The number of aromatic carboxylic acids is 1. The molecule has 132 valence electrons. The smallest absolute Gasteiger partial charge is 0.337 e. The van der Waals surface area contributed by atoms with Gasteiger partial charge in [0.25, 0.3) is 0 Å². The molecule has 0 radical (unpaired) electrons. The van der Waals surface area contributed by atoms with Gasteiger partial charge in [-0.1, -0.05) is 48.5 Å². The van der Waals surface area contributed by atoms with Gasteiger partial charge in [0.15, 0.2) is 0 Å². The van der Waals surface area contributed by atoms with E-state index in [-0.39, 0.29) is 5.56 Å². The molecule has 2 aromatic carbocycles. The summed E-state index contributed by atoms with van der Waals surface area (Å²) in [5.41, 5.74) is 3.65. The van der Waals surface area contributed by atoms with Crippen LogP contribution < -0.4 is 5.32 Å². The molecule has 0 amide bonds. The van der Waals surface area contributed by atoms with Crippen LogP contribution in [0, 0.1) is 0 Å². The van der Waals surface area contributed by atoms with Crippen molar-refractivity contribution in [1.82, 2.24) is 15.0 Å². The second-order valence-corrected chi connectivity index (χ2v) is 5.90. The predicted molar refractivity (Wildman–Crippen MR) is 104 cm³/mol. The minimum atomic E-state index is -0.993. The van der Waals surface area contributed by atoms with Crippen molar-refractivity contribution in [2.75, 3.05) is 5.32 Å². The molecule has 2 heterocycles. The van der Waals surface area contributed by atoms with E-state index < -0.39 is 5.97 Å². The number of carbonyl (C=O) groups is 1. The summed E-state index contributed by atoms with van der Waals surface area (Å²) in [7, 11) is 0. The number of carboxylic acids is 1. The maximum Gasteiger partial charge on any atom is 0.337 e. The van der Waals surface area contributed by atoms with Gasteiger partial charge >= 0.3 is 5.97 Å². The van der Waals surface area contributed by atoms with Gasteiger partial charge in [0.1, 0.15) is 0 Å². The van der Waals surface area contributed by atoms with Crippen LogP contribution >= 0.6 is 0 Å². The Hall–Kier alpha value is -3.93. The molecule has 3 N–H and O–H groups in total. The third-order valence-corrected chi connectivity index (χ3v) is 4.07. The van der Waals surface area contributed by atoms with Crippen molar-refractivity contribution in [3.05, 3.63) is 84.6 Å². The number of hydrogen-bond donors (Lipinski definition) is 3. The lowest BCUT2D eigenvalue weighted by molar-refractivity contribution is 0.0698. The highest BCUT2D eigenvalue weighted by atomic mass is 16.4. The summed E-state index contributed by atoms with van der Waals surface area (Å²) in [5.74, 6) is -0.556. The van der Waals surface area contributed by atoms with Crippen molar-refractivity contribution >= 4 is 17.6 Å². The molecule has 6 nitrogen and oxygen atoms in total. The maximum absolute atomic E-state index is 11.7. The highest BCUT2D eigenvalue weighted by Crippen LogP contribution is 2.28. The third-order valence-electron chi connectivity index (χ3n) is 4.07. The van der Waals surface area contributed by atoms with Crippen LogP contribution in [0.15, 0.2) is 79.0 Å². The van der Waals surface area contributed by atoms with Crippen LogP contribution in [0.2, 0.25) is 0 Å². The van der Waals surface area contributed by atoms with Crippen molar-refractivity contribution in [3.63, 3.8) is 0 Å². The Labute approximate surface area is 155 Å². The van der Waals surface area contributed by atoms with Crippen molar-refractivity contribution in [2.45, 2.75) is 0 Å². The number of anilines is 2. The number of nitrogens with one attached hydrogen (secondary N) is 2. The SMILES string of the molecule is O=C(O)c1cc(-c2ccnc(Nc3ccccc3)n2)[nH]c1-c1ccccc1. The van der Waals surface area contributed by atoms with Crippen molar-refractivity contribution in [2.24, 2.45) is 0 Å². The topological polar surface area (TPSA) is 90.9 Å². The average molecular weight is 356 g/mol. The van der Waals surface area contributed by atoms with Gasteiger partial charge in [-0.15, -0.1) is 0 Å². The van der Waals surface area contributed by atoms with Crippen molar-refractivity contribution < 1.29 is 9.90 Å². The lowest BCUT2D eigenvalue weighted by Gasteiger charge is -2.05. The fourth-order valence-electron chi connectivity index (χ4n) is 2.81. The summed E-state index contributed by atoms with van der Waals surface area (Å²) in [5, 5.41) is 12.7. The molecule has 0 bridgehead atoms. The standard InChI is InChI=1S/C21H16N4O2/c26-20(27)16-13-18(24-19(16)14-7-3-1-4-8-14)17-11-12-22-21(25-17)23-15-9-5-2-6-10-15/h1-13,24H,(H,26,27)(H,22,23,25). The number of H-pyrrole nitrogens is 1. The zero-order chi connectivity index (χ0) is 18.6. The number of nitrogens with zero attached hydrogens (tertiary/aromatic N) is 2. The first kappa shape index (κ1) is 16.5. The first-order valence-corrected chi connectivity index (χ1v) is 8.38. The first-order valence-electron chi connectivity index (χ1n) is 8.38. The second kappa shape index (κ2) is 7.13. The first-order chi connectivity index (χ1) is 13.2. The number of carboxylic acid groups (broad SMARTS) is 1. The molecular weight excluding hydrogens is 340 g/mol. The van der Waals surface area contributed by atoms with Crippen LogP contribution in [-0.2, 0) is 0 Å². The summed E-state index contributed by atoms with van der Waals surface area (Å²) >= 11 is 0. The van der Waals surface area contributed by atoms with E-state index in [0.29, 0.717) is 23.0 Å². The maximum atomic E-state index is 11.7. The number of benzene rings is 2. The Morgan fingerprint density at radius 1 is 0.963 bits per heavy atom. The van der Waals surface area contributed by atoms with Gasteiger partial charge in [0.2, 0.25) is 5.95 Å². The molecule has 0 aliphatic rings. The number of para-hydroxylation sites is 1. The normalized spacial score (nSPS) is 10.5. The molecule has 6 heteroatoms. The quantitative estimate of drug-likeness (QED) is 0.487. The lowest BCUT2D eigenvalue weighted by Crippen LogP contribution is -1.97. The fourth-order valence-corrected chi connectivity index (χ4v) is 2.81. The van der Waals surface area contributed by atoms with Gasteiger partial charge < -0.3 is 15.4 Å². The minimum Gasteiger partial charge on any atom is -0.478 e. The van der Waals surface area contributed by atoms with Crippen LogP contribution in [0.1, 0.15) is 10.4 Å². The molecule has 0 unspecified atom stereocenters. The molecule has 4 rings (SSSR count). The monoisotopic (exact) mass is 356 g/mol. The molecular formula is C21H16N4O2. The van der Waals surface area contributed by atoms with E-state index in [0.717, 1.165) is 11.3 Å². The molecule has 0 aliphatic carbocycles. The molecule has 0 atom stereocenters. The largest absolute Gasteiger partial charge is 0.478 e. The van der Waals surface area contributed by atoms with E-state index in [9.17, 15) is 9.90 Å². The molecule has 0 spiro atoms. The Morgan fingerprint density at radius 3 is 2.37 bits per heavy atom. The van der Waals surface area contributed by atoms with Crippen LogP contribution in [-0.4, -0.2) is 26.0 Å². The molecule has 2 aromatic heterocycles. The van der Waals surface area contributed by atoms with Crippen LogP contribution in [0.5, 0.6) is 0 Å². The van der Waals surface area contributed by atoms with Gasteiger partial charge in [-0.3, -0.25) is 0 Å². The summed E-state index contributed by atoms with van der Waals surface area (Å²) in [4.78, 5) is 23.6. The van der Waals surface area contributed by atoms with Crippen LogP contribution in [0.3, 0.4) is 0 Å². The molecule has 0 fully saturated rings. The number of rotatable bonds is 5. The van der Waals surface area contributed by atoms with Crippen molar-refractivity contribution in [3.8, 4) is 22.6 Å². The predicted octanol–water partition coefficient (Wildman–Crippen LogP) is 4.58. The Bertz CT molecular complexity index is 1080. The Kier molecular flexibility index (Phi) is 4.37. The summed E-state index contributed by atoms with van der Waals surface area (Å²) < 4.78 is 0. The number of aromatic amines is 1.